The molecule has 0 aliphatic heterocycles. The molecule has 4 N–H and O–H groups in total. The SMILES string of the molecule is COC(=O)C(C)CC(=O)CC(C)C1CC(O)C2(C)C3=C(C(=O)C(O)C12C)C1(C)CCC(O)C(C)(C)C1CC3O. The number of Topliss-reactive ketones (excluding diaryl/α,β-unsaturated/α-hetero) is 2. The molecule has 0 bridgehead atoms. The Kier molecular flexibility index (Phi) is 7.58. The molecule has 0 spiro atoms. The Labute approximate surface area is 232 Å². The van der Waals surface area contributed by atoms with E-state index in [1.807, 2.05) is 41.5 Å². The van der Waals surface area contributed by atoms with Crippen molar-refractivity contribution in [1.29, 1.82) is 0 Å². The van der Waals surface area contributed by atoms with Crippen LogP contribution in [0.1, 0.15) is 87.0 Å². The number of esters is 1. The maximum absolute atomic E-state index is 14.2. The standard InChI is InChI=1S/C31H48O8/c1-15(11-17(32)12-16(2)27(38)39-8)18-13-22(35)31(7)23-19(33)14-20-28(3,4)21(34)9-10-29(20,5)24(23)25(36)26(37)30(18,31)6/h15-16,18-22,26,33-35,37H,9-14H2,1-8H3. The first-order valence-corrected chi connectivity index (χ1v) is 14.5. The Bertz CT molecular complexity index is 1080. The van der Waals surface area contributed by atoms with Crippen LogP contribution in [0.15, 0.2) is 11.1 Å². The van der Waals surface area contributed by atoms with Crippen LogP contribution in [0.5, 0.6) is 0 Å². The molecule has 0 aromatic heterocycles. The van der Waals surface area contributed by atoms with Crippen molar-refractivity contribution in [2.75, 3.05) is 7.11 Å². The van der Waals surface area contributed by atoms with Gasteiger partial charge in [0.2, 0.25) is 0 Å². The third kappa shape index (κ3) is 4.03. The molecule has 0 heterocycles. The fraction of sp³-hybridized carbons (Fsp3) is 0.839. The molecular formula is C31H48O8. The Morgan fingerprint density at radius 1 is 0.974 bits per heavy atom. The minimum atomic E-state index is -1.41. The quantitative estimate of drug-likeness (QED) is 0.371. The van der Waals surface area contributed by atoms with Crippen molar-refractivity contribution in [3.63, 3.8) is 0 Å². The van der Waals surface area contributed by atoms with Gasteiger partial charge in [-0.05, 0) is 59.8 Å². The van der Waals surface area contributed by atoms with Crippen LogP contribution < -0.4 is 0 Å². The van der Waals surface area contributed by atoms with Gasteiger partial charge in [0.05, 0.1) is 31.3 Å². The van der Waals surface area contributed by atoms with Gasteiger partial charge in [-0.1, -0.05) is 48.5 Å². The highest BCUT2D eigenvalue weighted by Gasteiger charge is 2.73. The number of rotatable bonds is 6. The zero-order chi connectivity index (χ0) is 29.5. The Balaban J connectivity index is 1.75. The molecule has 0 amide bonds. The van der Waals surface area contributed by atoms with Gasteiger partial charge in [-0.15, -0.1) is 0 Å². The highest BCUT2D eigenvalue weighted by atomic mass is 16.5. The fourth-order valence-corrected chi connectivity index (χ4v) is 9.60. The summed E-state index contributed by atoms with van der Waals surface area (Å²) in [5, 5.41) is 46.0. The van der Waals surface area contributed by atoms with Gasteiger partial charge in [-0.3, -0.25) is 14.4 Å². The monoisotopic (exact) mass is 548 g/mol. The Hall–Kier alpha value is -1.61. The first-order chi connectivity index (χ1) is 17.9. The Morgan fingerprint density at radius 2 is 1.59 bits per heavy atom. The number of hydrogen-bond acceptors (Lipinski definition) is 8. The summed E-state index contributed by atoms with van der Waals surface area (Å²) in [5.41, 5.74) is -2.39. The van der Waals surface area contributed by atoms with Crippen LogP contribution in [0.2, 0.25) is 0 Å². The molecule has 8 nitrogen and oxygen atoms in total. The summed E-state index contributed by atoms with van der Waals surface area (Å²) in [5.74, 6) is -2.35. The summed E-state index contributed by atoms with van der Waals surface area (Å²) in [6.07, 6.45) is -1.98. The zero-order valence-electron chi connectivity index (χ0n) is 24.8. The molecule has 11 atom stereocenters. The van der Waals surface area contributed by atoms with Crippen LogP contribution >= 0.6 is 0 Å². The molecule has 39 heavy (non-hydrogen) atoms. The van der Waals surface area contributed by atoms with Gasteiger partial charge in [0.1, 0.15) is 11.9 Å². The minimum absolute atomic E-state index is 0.0388. The fourth-order valence-electron chi connectivity index (χ4n) is 9.60. The molecule has 8 heteroatoms. The lowest BCUT2D eigenvalue weighted by Crippen LogP contribution is -2.65. The second kappa shape index (κ2) is 9.74. The highest BCUT2D eigenvalue weighted by molar-refractivity contribution is 6.03. The normalized spacial score (nSPS) is 44.7. The molecule has 2 fully saturated rings. The average Bonchev–Trinajstić information content (AvgIpc) is 3.07. The van der Waals surface area contributed by atoms with E-state index in [1.54, 1.807) is 6.92 Å². The van der Waals surface area contributed by atoms with Crippen molar-refractivity contribution in [2.24, 2.45) is 45.3 Å². The highest BCUT2D eigenvalue weighted by Crippen LogP contribution is 2.71. The molecule has 220 valence electrons. The third-order valence-corrected chi connectivity index (χ3v) is 12.1. The van der Waals surface area contributed by atoms with Crippen LogP contribution in [0.4, 0.5) is 0 Å². The number of methoxy groups -OCH3 is 1. The molecule has 0 aromatic rings. The second-order valence-electron chi connectivity index (χ2n) is 14.3. The molecule has 4 rings (SSSR count). The van der Waals surface area contributed by atoms with Crippen molar-refractivity contribution >= 4 is 17.5 Å². The number of ether oxygens (including phenoxy) is 1. The molecular weight excluding hydrogens is 500 g/mol. The van der Waals surface area contributed by atoms with Crippen molar-refractivity contribution in [3.8, 4) is 0 Å². The van der Waals surface area contributed by atoms with Crippen LogP contribution in [0.3, 0.4) is 0 Å². The number of hydrogen-bond donors (Lipinski definition) is 4. The van der Waals surface area contributed by atoms with E-state index in [0.29, 0.717) is 30.4 Å². The van der Waals surface area contributed by atoms with Crippen LogP contribution in [-0.2, 0) is 19.1 Å². The van der Waals surface area contributed by atoms with E-state index in [4.69, 9.17) is 4.74 Å². The van der Waals surface area contributed by atoms with Crippen LogP contribution in [-0.4, -0.2) is 69.5 Å². The number of aliphatic hydroxyl groups is 4. The van der Waals surface area contributed by atoms with Gasteiger partial charge in [-0.2, -0.15) is 0 Å². The van der Waals surface area contributed by atoms with Gasteiger partial charge in [-0.25, -0.2) is 0 Å². The van der Waals surface area contributed by atoms with Crippen molar-refractivity contribution in [1.82, 2.24) is 0 Å². The molecule has 4 aliphatic carbocycles. The van der Waals surface area contributed by atoms with E-state index in [1.165, 1.54) is 7.11 Å². The lowest BCUT2D eigenvalue weighted by Gasteiger charge is -2.63. The van der Waals surface area contributed by atoms with Gasteiger partial charge in [0.25, 0.3) is 0 Å². The van der Waals surface area contributed by atoms with E-state index < -0.39 is 63.7 Å². The topological polar surface area (TPSA) is 141 Å². The summed E-state index contributed by atoms with van der Waals surface area (Å²) in [6, 6.07) is 0. The third-order valence-electron chi connectivity index (χ3n) is 12.1. The van der Waals surface area contributed by atoms with Gasteiger partial charge in [0.15, 0.2) is 5.78 Å². The first-order valence-electron chi connectivity index (χ1n) is 14.5. The number of aliphatic hydroxyl groups excluding tert-OH is 4. The van der Waals surface area contributed by atoms with Gasteiger partial charge >= 0.3 is 5.97 Å². The predicted octanol–water partition coefficient (Wildman–Crippen LogP) is 2.98. The summed E-state index contributed by atoms with van der Waals surface area (Å²) in [6.45, 7) is 13.2. The maximum Gasteiger partial charge on any atom is 0.308 e. The van der Waals surface area contributed by atoms with Crippen LogP contribution in [0, 0.1) is 45.3 Å². The van der Waals surface area contributed by atoms with E-state index in [9.17, 15) is 34.8 Å². The van der Waals surface area contributed by atoms with Crippen molar-refractivity contribution < 1.29 is 39.5 Å². The molecule has 0 saturated heterocycles. The smallest absolute Gasteiger partial charge is 0.308 e. The molecule has 4 aliphatic rings. The lowest BCUT2D eigenvalue weighted by atomic mass is 9.41. The number of carbonyl (C=O) groups excluding carboxylic acids is 3. The summed E-state index contributed by atoms with van der Waals surface area (Å²) in [4.78, 5) is 38.9. The molecule has 11 unspecified atom stereocenters. The summed E-state index contributed by atoms with van der Waals surface area (Å²) < 4.78 is 4.74. The van der Waals surface area contributed by atoms with Crippen molar-refractivity contribution in [2.45, 2.75) is 111 Å². The summed E-state index contributed by atoms with van der Waals surface area (Å²) in [7, 11) is 1.29. The second-order valence-corrected chi connectivity index (χ2v) is 14.3. The molecule has 2 saturated carbocycles. The van der Waals surface area contributed by atoms with Gasteiger partial charge < -0.3 is 25.2 Å². The largest absolute Gasteiger partial charge is 0.469 e. The number of fused-ring (bicyclic) bond motifs is 4. The number of ketones is 2. The number of carbonyl (C=O) groups is 3. The lowest BCUT2D eigenvalue weighted by molar-refractivity contribution is -0.161. The van der Waals surface area contributed by atoms with Gasteiger partial charge in [0, 0.05) is 29.2 Å². The Morgan fingerprint density at radius 3 is 2.18 bits per heavy atom. The minimum Gasteiger partial charge on any atom is -0.469 e. The van der Waals surface area contributed by atoms with E-state index in [0.717, 1.165) is 0 Å². The van der Waals surface area contributed by atoms with Crippen molar-refractivity contribution in [3.05, 3.63) is 11.1 Å². The maximum atomic E-state index is 14.2. The summed E-state index contributed by atoms with van der Waals surface area (Å²) >= 11 is 0. The van der Waals surface area contributed by atoms with E-state index >= 15 is 0 Å². The van der Waals surface area contributed by atoms with Crippen LogP contribution in [0.25, 0.3) is 0 Å². The zero-order valence-corrected chi connectivity index (χ0v) is 24.8. The molecule has 0 aromatic carbocycles. The average molecular weight is 549 g/mol. The van der Waals surface area contributed by atoms with E-state index in [-0.39, 0.29) is 42.8 Å². The molecule has 0 radical (unpaired) electrons. The first kappa shape index (κ1) is 30.4. The van der Waals surface area contributed by atoms with E-state index in [2.05, 4.69) is 0 Å². The predicted molar refractivity (Wildman–Crippen MR) is 144 cm³/mol.